The number of likely N-dealkylation sites (tertiary alicyclic amines) is 1. The normalized spacial score (nSPS) is 27.3. The van der Waals surface area contributed by atoms with Crippen LogP contribution in [0, 0.1) is 30.6 Å². The van der Waals surface area contributed by atoms with E-state index in [1.165, 1.54) is 4.90 Å². The Bertz CT molecular complexity index is 1030. The van der Waals surface area contributed by atoms with Crippen LogP contribution in [-0.2, 0) is 20.8 Å². The second-order valence-electron chi connectivity index (χ2n) is 8.95. The van der Waals surface area contributed by atoms with Crippen molar-refractivity contribution >= 4 is 23.4 Å². The van der Waals surface area contributed by atoms with E-state index >= 15 is 0 Å². The van der Waals surface area contributed by atoms with Crippen LogP contribution in [0.4, 0.5) is 5.69 Å². The molecule has 2 fully saturated rings. The van der Waals surface area contributed by atoms with Gasteiger partial charge in [-0.15, -0.1) is 0 Å². The summed E-state index contributed by atoms with van der Waals surface area (Å²) in [4.78, 5) is 41.6. The summed E-state index contributed by atoms with van der Waals surface area (Å²) in [6.45, 7) is 1.96. The van der Waals surface area contributed by atoms with Crippen LogP contribution < -0.4 is 5.32 Å². The molecule has 0 unspecified atom stereocenters. The van der Waals surface area contributed by atoms with E-state index in [0.29, 0.717) is 12.1 Å². The van der Waals surface area contributed by atoms with Crippen LogP contribution in [0.3, 0.4) is 0 Å². The number of benzene rings is 2. The minimum atomic E-state index is -0.868. The molecule has 1 aliphatic heterocycles. The first-order valence-electron chi connectivity index (χ1n) is 11.0. The summed E-state index contributed by atoms with van der Waals surface area (Å²) in [6, 6.07) is 16.2. The maximum Gasteiger partial charge on any atom is 0.248 e. The van der Waals surface area contributed by atoms with Gasteiger partial charge in [0.1, 0.15) is 6.04 Å². The zero-order valence-electron chi connectivity index (χ0n) is 17.5. The van der Waals surface area contributed by atoms with Crippen LogP contribution in [0.1, 0.15) is 24.0 Å². The summed E-state index contributed by atoms with van der Waals surface area (Å²) in [7, 11) is 0. The maximum absolute atomic E-state index is 13.5. The standard InChI is InChI=1S/C26H26N2O3/c1-16-6-5-9-20(14-16)27-24(29)21(15-17-7-3-2-4-8-17)28-25(30)22-18-10-11-19(13-12-18)23(22)26(28)31/h2-11,14,18-19,21-23H,12-13,15H2,1H3,(H,27,29)/t18-,19-,21-,22-,23-/m0/s1. The number of nitrogens with one attached hydrogen (secondary N) is 1. The Balaban J connectivity index is 1.47. The van der Waals surface area contributed by atoms with Gasteiger partial charge in [0, 0.05) is 12.1 Å². The molecule has 1 heterocycles. The van der Waals surface area contributed by atoms with Crippen molar-refractivity contribution in [3.05, 3.63) is 77.9 Å². The van der Waals surface area contributed by atoms with E-state index in [2.05, 4.69) is 17.5 Å². The highest BCUT2D eigenvalue weighted by atomic mass is 16.2. The first-order valence-corrected chi connectivity index (χ1v) is 11.0. The van der Waals surface area contributed by atoms with Gasteiger partial charge in [-0.1, -0.05) is 54.6 Å². The van der Waals surface area contributed by atoms with E-state index in [1.54, 1.807) is 0 Å². The molecule has 4 aliphatic rings. The predicted octanol–water partition coefficient (Wildman–Crippen LogP) is 3.74. The van der Waals surface area contributed by atoms with Crippen molar-refractivity contribution in [1.29, 1.82) is 0 Å². The topological polar surface area (TPSA) is 66.5 Å². The molecule has 5 atom stereocenters. The number of hydrogen-bond donors (Lipinski definition) is 1. The van der Waals surface area contributed by atoms with Crippen molar-refractivity contribution in [3.8, 4) is 0 Å². The van der Waals surface area contributed by atoms with Gasteiger partial charge in [-0.2, -0.15) is 0 Å². The lowest BCUT2D eigenvalue weighted by molar-refractivity contribution is -0.146. The number of carbonyl (C=O) groups excluding carboxylic acids is 3. The molecule has 1 saturated carbocycles. The summed E-state index contributed by atoms with van der Waals surface area (Å²) in [5, 5.41) is 2.94. The fraction of sp³-hybridized carbons (Fsp3) is 0.346. The summed E-state index contributed by atoms with van der Waals surface area (Å²) >= 11 is 0. The van der Waals surface area contributed by atoms with Crippen molar-refractivity contribution in [1.82, 2.24) is 4.90 Å². The van der Waals surface area contributed by atoms with E-state index in [1.807, 2.05) is 61.5 Å². The van der Waals surface area contributed by atoms with Crippen LogP contribution in [0.25, 0.3) is 0 Å². The van der Waals surface area contributed by atoms with Gasteiger partial charge in [0.05, 0.1) is 11.8 Å². The Morgan fingerprint density at radius 2 is 1.61 bits per heavy atom. The molecule has 31 heavy (non-hydrogen) atoms. The van der Waals surface area contributed by atoms with Crippen LogP contribution in [0.2, 0.25) is 0 Å². The molecule has 1 N–H and O–H groups in total. The van der Waals surface area contributed by atoms with E-state index in [-0.39, 0.29) is 41.4 Å². The number of aryl methyl sites for hydroxylation is 1. The summed E-state index contributed by atoms with van der Waals surface area (Å²) in [5.74, 6) is -1.12. The largest absolute Gasteiger partial charge is 0.324 e. The molecule has 158 valence electrons. The lowest BCUT2D eigenvalue weighted by Gasteiger charge is -2.38. The van der Waals surface area contributed by atoms with Crippen LogP contribution in [0.5, 0.6) is 0 Å². The van der Waals surface area contributed by atoms with Gasteiger partial charge in [-0.3, -0.25) is 19.3 Å². The smallest absolute Gasteiger partial charge is 0.248 e. The van der Waals surface area contributed by atoms with Crippen LogP contribution in [-0.4, -0.2) is 28.7 Å². The van der Waals surface area contributed by atoms with Crippen molar-refractivity contribution in [2.24, 2.45) is 23.7 Å². The van der Waals surface area contributed by atoms with Crippen LogP contribution >= 0.6 is 0 Å². The van der Waals surface area contributed by atoms with E-state index in [4.69, 9.17) is 0 Å². The minimum Gasteiger partial charge on any atom is -0.324 e. The molecule has 1 saturated heterocycles. The number of nitrogens with zero attached hydrogens (tertiary/aromatic N) is 1. The molecule has 3 amide bonds. The minimum absolute atomic E-state index is 0.105. The third-order valence-electron chi connectivity index (χ3n) is 6.97. The maximum atomic E-state index is 13.5. The first kappa shape index (κ1) is 19.7. The lowest BCUT2D eigenvalue weighted by Crippen LogP contribution is -2.49. The zero-order valence-corrected chi connectivity index (χ0v) is 17.5. The molecule has 2 aromatic carbocycles. The first-order chi connectivity index (χ1) is 15.0. The molecule has 5 heteroatoms. The average molecular weight is 415 g/mol. The number of hydrogen-bond acceptors (Lipinski definition) is 3. The molecule has 2 aromatic rings. The number of amides is 3. The van der Waals surface area contributed by atoms with Gasteiger partial charge in [-0.05, 0) is 54.9 Å². The highest BCUT2D eigenvalue weighted by molar-refractivity contribution is 6.10. The van der Waals surface area contributed by atoms with Gasteiger partial charge < -0.3 is 5.32 Å². The lowest BCUT2D eigenvalue weighted by atomic mass is 9.63. The van der Waals surface area contributed by atoms with Gasteiger partial charge in [0.25, 0.3) is 0 Å². The molecule has 5 nitrogen and oxygen atoms in total. The molecule has 0 radical (unpaired) electrons. The summed E-state index contributed by atoms with van der Waals surface area (Å²) < 4.78 is 0. The zero-order chi connectivity index (χ0) is 21.5. The SMILES string of the molecule is Cc1cccc(NC(=O)[C@H](Cc2ccccc2)N2C(=O)[C@@H]3[C@@H](C2=O)[C@H]2C=C[C@H]3CC2)c1. The summed E-state index contributed by atoms with van der Waals surface area (Å²) in [5.41, 5.74) is 2.61. The molecule has 6 rings (SSSR count). The number of fused-ring (bicyclic) bond motifs is 1. The molecular formula is C26H26N2O3. The predicted molar refractivity (Wildman–Crippen MR) is 118 cm³/mol. The van der Waals surface area contributed by atoms with Gasteiger partial charge in [0.2, 0.25) is 17.7 Å². The fourth-order valence-electron chi connectivity index (χ4n) is 5.49. The average Bonchev–Trinajstić information content (AvgIpc) is 3.06. The number of rotatable bonds is 5. The van der Waals surface area contributed by atoms with E-state index in [0.717, 1.165) is 24.0 Å². The number of anilines is 1. The van der Waals surface area contributed by atoms with Crippen molar-refractivity contribution < 1.29 is 14.4 Å². The quantitative estimate of drug-likeness (QED) is 0.599. The molecule has 2 bridgehead atoms. The highest BCUT2D eigenvalue weighted by Crippen LogP contribution is 2.50. The highest BCUT2D eigenvalue weighted by Gasteiger charge is 2.58. The molecule has 3 aliphatic carbocycles. The number of carbonyl (C=O) groups is 3. The van der Waals surface area contributed by atoms with Crippen molar-refractivity contribution in [2.75, 3.05) is 5.32 Å². The number of allylic oxidation sites excluding steroid dienone is 2. The Labute approximate surface area is 182 Å². The van der Waals surface area contributed by atoms with Gasteiger partial charge >= 0.3 is 0 Å². The van der Waals surface area contributed by atoms with Crippen molar-refractivity contribution in [3.63, 3.8) is 0 Å². The Hall–Kier alpha value is -3.21. The third kappa shape index (κ3) is 3.48. The molecule has 0 aromatic heterocycles. The summed E-state index contributed by atoms with van der Waals surface area (Å²) in [6.07, 6.45) is 6.38. The second kappa shape index (κ2) is 7.80. The second-order valence-corrected chi connectivity index (χ2v) is 8.95. The van der Waals surface area contributed by atoms with Crippen LogP contribution in [0.15, 0.2) is 66.7 Å². The number of imide groups is 1. The van der Waals surface area contributed by atoms with Gasteiger partial charge in [0.15, 0.2) is 0 Å². The van der Waals surface area contributed by atoms with Crippen molar-refractivity contribution in [2.45, 2.75) is 32.2 Å². The Morgan fingerprint density at radius 3 is 2.19 bits per heavy atom. The fourth-order valence-corrected chi connectivity index (χ4v) is 5.49. The molecule has 0 spiro atoms. The van der Waals surface area contributed by atoms with Gasteiger partial charge in [-0.25, -0.2) is 0 Å². The van der Waals surface area contributed by atoms with E-state index < -0.39 is 6.04 Å². The monoisotopic (exact) mass is 414 g/mol. The molecular weight excluding hydrogens is 388 g/mol. The Kier molecular flexibility index (Phi) is 4.97. The van der Waals surface area contributed by atoms with E-state index in [9.17, 15) is 14.4 Å². The third-order valence-corrected chi connectivity index (χ3v) is 6.97. The Morgan fingerprint density at radius 1 is 0.968 bits per heavy atom.